The Morgan fingerprint density at radius 2 is 1.76 bits per heavy atom. The minimum atomic E-state index is -0.917. The second-order valence-corrected chi connectivity index (χ2v) is 9.07. The fourth-order valence-corrected chi connectivity index (χ4v) is 3.77. The summed E-state index contributed by atoms with van der Waals surface area (Å²) in [5.41, 5.74) is 0.363. The van der Waals surface area contributed by atoms with Crippen molar-refractivity contribution in [3.8, 4) is 5.75 Å². The molecule has 1 aliphatic rings. The Labute approximate surface area is 193 Å². The molecule has 0 aliphatic carbocycles. The van der Waals surface area contributed by atoms with Gasteiger partial charge in [-0.25, -0.2) is 4.39 Å². The van der Waals surface area contributed by atoms with Gasteiger partial charge in [0.05, 0.1) is 36.0 Å². The van der Waals surface area contributed by atoms with E-state index < -0.39 is 24.1 Å². The molecule has 0 saturated carbocycles. The highest BCUT2D eigenvalue weighted by Crippen LogP contribution is 2.37. The Bertz CT molecular complexity index is 1150. The van der Waals surface area contributed by atoms with Crippen LogP contribution >= 0.6 is 0 Å². The summed E-state index contributed by atoms with van der Waals surface area (Å²) >= 11 is 0. The number of rotatable bonds is 7. The third kappa shape index (κ3) is 4.50. The number of hydrogen-bond donors (Lipinski definition) is 0. The quantitative estimate of drug-likeness (QED) is 0.385. The van der Waals surface area contributed by atoms with Crippen LogP contribution in [0.2, 0.25) is 0 Å². The molecule has 2 heterocycles. The summed E-state index contributed by atoms with van der Waals surface area (Å²) in [6.07, 6.45) is 1.59. The molecule has 3 aromatic rings. The van der Waals surface area contributed by atoms with E-state index in [0.717, 1.165) is 5.39 Å². The predicted molar refractivity (Wildman–Crippen MR) is 123 cm³/mol. The smallest absolute Gasteiger partial charge is 0.488 e. The van der Waals surface area contributed by atoms with Gasteiger partial charge in [-0.3, -0.25) is 4.79 Å². The van der Waals surface area contributed by atoms with Gasteiger partial charge in [0.25, 0.3) is 0 Å². The topological polar surface area (TPSA) is 67.1 Å². The van der Waals surface area contributed by atoms with Crippen molar-refractivity contribution in [2.75, 3.05) is 6.61 Å². The Kier molecular flexibility index (Phi) is 6.25. The number of carbonyl (C=O) groups excluding carboxylic acids is 1. The van der Waals surface area contributed by atoms with E-state index in [-0.39, 0.29) is 24.5 Å². The zero-order chi connectivity index (χ0) is 23.8. The van der Waals surface area contributed by atoms with E-state index >= 15 is 4.39 Å². The van der Waals surface area contributed by atoms with Crippen molar-refractivity contribution in [3.63, 3.8) is 0 Å². The summed E-state index contributed by atoms with van der Waals surface area (Å²) in [5, 5.41) is 0.722. The van der Waals surface area contributed by atoms with Crippen molar-refractivity contribution in [1.29, 1.82) is 0 Å². The number of halogens is 1. The molecule has 0 radical (unpaired) electrons. The molecule has 1 fully saturated rings. The van der Waals surface area contributed by atoms with Crippen LogP contribution in [0, 0.1) is 5.82 Å². The van der Waals surface area contributed by atoms with Gasteiger partial charge in [-0.2, -0.15) is 0 Å². The van der Waals surface area contributed by atoms with E-state index in [2.05, 4.69) is 0 Å². The number of ether oxygens (including phenoxy) is 2. The van der Waals surface area contributed by atoms with Gasteiger partial charge in [-0.15, -0.1) is 0 Å². The lowest BCUT2D eigenvalue weighted by Gasteiger charge is -2.32. The number of fused-ring (bicyclic) bond motifs is 1. The van der Waals surface area contributed by atoms with Crippen LogP contribution in [0.3, 0.4) is 0 Å². The standard InChI is InChI=1S/C25H28BFO6/c1-6-29-20(28)14-16-9-7-8-10-19(16)31-15-18-13-17-11-12-30-23(17)21(22(18)27)26-32-24(2,3)25(4,5)33-26/h7-13H,6,14-15H2,1-5H3. The van der Waals surface area contributed by atoms with E-state index in [1.807, 2.05) is 33.8 Å². The van der Waals surface area contributed by atoms with Crippen LogP contribution in [0.4, 0.5) is 4.39 Å². The van der Waals surface area contributed by atoms with Crippen molar-refractivity contribution in [1.82, 2.24) is 0 Å². The predicted octanol–water partition coefficient (Wildman–Crippen LogP) is 4.56. The highest BCUT2D eigenvalue weighted by molar-refractivity contribution is 6.65. The number of carbonyl (C=O) groups is 1. The Morgan fingerprint density at radius 3 is 2.45 bits per heavy atom. The van der Waals surface area contributed by atoms with Crippen molar-refractivity contribution in [2.45, 2.75) is 58.8 Å². The van der Waals surface area contributed by atoms with Crippen LogP contribution in [-0.2, 0) is 31.9 Å². The van der Waals surface area contributed by atoms with Gasteiger partial charge in [0.1, 0.15) is 23.8 Å². The Morgan fingerprint density at radius 1 is 1.06 bits per heavy atom. The average Bonchev–Trinajstić information content (AvgIpc) is 3.28. The van der Waals surface area contributed by atoms with Gasteiger partial charge in [0.15, 0.2) is 0 Å². The molecule has 4 rings (SSSR count). The summed E-state index contributed by atoms with van der Waals surface area (Å²) in [7, 11) is -0.917. The molecular weight excluding hydrogens is 426 g/mol. The van der Waals surface area contributed by atoms with Crippen LogP contribution in [0.15, 0.2) is 47.1 Å². The van der Waals surface area contributed by atoms with Crippen LogP contribution in [0.25, 0.3) is 11.0 Å². The molecule has 1 aliphatic heterocycles. The molecule has 6 nitrogen and oxygen atoms in total. The number of esters is 1. The molecule has 0 atom stereocenters. The largest absolute Gasteiger partial charge is 0.501 e. The summed E-state index contributed by atoms with van der Waals surface area (Å²) in [6.45, 7) is 9.68. The first-order valence-corrected chi connectivity index (χ1v) is 11.0. The molecule has 0 bridgehead atoms. The maximum atomic E-state index is 15.8. The maximum absolute atomic E-state index is 15.8. The van der Waals surface area contributed by atoms with Gasteiger partial charge in [-0.1, -0.05) is 18.2 Å². The van der Waals surface area contributed by atoms with Crippen molar-refractivity contribution in [3.05, 3.63) is 59.6 Å². The summed E-state index contributed by atoms with van der Waals surface area (Å²) < 4.78 is 44.5. The molecule has 0 N–H and O–H groups in total. The first-order valence-electron chi connectivity index (χ1n) is 11.0. The van der Waals surface area contributed by atoms with Crippen molar-refractivity contribution in [2.24, 2.45) is 0 Å². The second kappa shape index (κ2) is 8.84. The van der Waals surface area contributed by atoms with Crippen LogP contribution < -0.4 is 10.2 Å². The Hall–Kier alpha value is -2.84. The molecule has 0 spiro atoms. The van der Waals surface area contributed by atoms with E-state index in [4.69, 9.17) is 23.2 Å². The molecule has 0 unspecified atom stereocenters. The Balaban J connectivity index is 1.64. The fourth-order valence-electron chi connectivity index (χ4n) is 3.77. The lowest BCUT2D eigenvalue weighted by Crippen LogP contribution is -2.41. The zero-order valence-corrected chi connectivity index (χ0v) is 19.6. The average molecular weight is 454 g/mol. The van der Waals surface area contributed by atoms with E-state index in [9.17, 15) is 4.79 Å². The normalized spacial score (nSPS) is 16.8. The van der Waals surface area contributed by atoms with Crippen LogP contribution in [-0.4, -0.2) is 30.9 Å². The highest BCUT2D eigenvalue weighted by atomic mass is 19.1. The van der Waals surface area contributed by atoms with Crippen molar-refractivity contribution >= 4 is 29.5 Å². The highest BCUT2D eigenvalue weighted by Gasteiger charge is 2.53. The minimum absolute atomic E-state index is 0.0424. The molecule has 174 valence electrons. The van der Waals surface area contributed by atoms with Gasteiger partial charge < -0.3 is 23.2 Å². The number of furan rings is 1. The molecule has 8 heteroatoms. The first kappa shape index (κ1) is 23.3. The van der Waals surface area contributed by atoms with E-state index in [1.54, 1.807) is 37.3 Å². The van der Waals surface area contributed by atoms with Gasteiger partial charge in [-0.05, 0) is 52.8 Å². The van der Waals surface area contributed by atoms with Gasteiger partial charge in [0, 0.05) is 16.5 Å². The molecule has 0 amide bonds. The third-order valence-corrected chi connectivity index (χ3v) is 6.27. The monoisotopic (exact) mass is 454 g/mol. The van der Waals surface area contributed by atoms with E-state index in [1.165, 1.54) is 6.26 Å². The molecule has 33 heavy (non-hydrogen) atoms. The van der Waals surface area contributed by atoms with Crippen molar-refractivity contribution < 1.29 is 32.4 Å². The molecule has 1 saturated heterocycles. The molecule has 2 aromatic carbocycles. The van der Waals surface area contributed by atoms with E-state index in [0.29, 0.717) is 29.1 Å². The fraction of sp³-hybridized carbons (Fsp3) is 0.400. The second-order valence-electron chi connectivity index (χ2n) is 9.07. The SMILES string of the molecule is CCOC(=O)Cc1ccccc1OCc1cc2ccoc2c(B2OC(C)(C)C(C)(C)O2)c1F. The summed E-state index contributed by atoms with van der Waals surface area (Å²) in [6, 6.07) is 10.6. The lowest BCUT2D eigenvalue weighted by atomic mass is 9.76. The number of benzene rings is 2. The van der Waals surface area contributed by atoms with Gasteiger partial charge in [0.2, 0.25) is 0 Å². The lowest BCUT2D eigenvalue weighted by molar-refractivity contribution is -0.142. The minimum Gasteiger partial charge on any atom is -0.488 e. The first-order chi connectivity index (χ1) is 15.6. The van der Waals surface area contributed by atoms with Crippen LogP contribution in [0.5, 0.6) is 5.75 Å². The zero-order valence-electron chi connectivity index (χ0n) is 19.6. The van der Waals surface area contributed by atoms with Gasteiger partial charge >= 0.3 is 13.1 Å². The van der Waals surface area contributed by atoms with Crippen LogP contribution in [0.1, 0.15) is 45.7 Å². The summed E-state index contributed by atoms with van der Waals surface area (Å²) in [4.78, 5) is 11.9. The molecular formula is C25H28BFO6. The maximum Gasteiger partial charge on any atom is 0.501 e. The molecule has 1 aromatic heterocycles. The summed E-state index contributed by atoms with van der Waals surface area (Å²) in [5.74, 6) is -0.351. The number of para-hydroxylation sites is 1. The third-order valence-electron chi connectivity index (χ3n) is 6.27. The number of hydrogen-bond acceptors (Lipinski definition) is 6.